The summed E-state index contributed by atoms with van der Waals surface area (Å²) < 4.78 is 4.79. The Morgan fingerprint density at radius 1 is 0.840 bits per heavy atom. The van der Waals surface area contributed by atoms with Crippen LogP contribution in [-0.4, -0.2) is 29.9 Å². The minimum Gasteiger partial charge on any atom is -0.508 e. The van der Waals surface area contributed by atoms with Crippen molar-refractivity contribution in [1.82, 2.24) is 0 Å². The van der Waals surface area contributed by atoms with Crippen molar-refractivity contribution in [1.29, 1.82) is 0 Å². The van der Waals surface area contributed by atoms with Crippen molar-refractivity contribution in [2.75, 3.05) is 7.11 Å². The van der Waals surface area contributed by atoms with E-state index in [2.05, 4.69) is 26.3 Å². The zero-order chi connectivity index (χ0) is 19.9. The van der Waals surface area contributed by atoms with Gasteiger partial charge in [0.25, 0.3) is 0 Å². The molecule has 2 rings (SSSR count). The van der Waals surface area contributed by atoms with Crippen molar-refractivity contribution < 1.29 is 24.5 Å². The third-order valence-electron chi connectivity index (χ3n) is 2.03. The first-order valence-electron chi connectivity index (χ1n) is 7.09. The summed E-state index contributed by atoms with van der Waals surface area (Å²) in [5, 5.41) is 17.6. The van der Waals surface area contributed by atoms with Crippen LogP contribution in [0.25, 0.3) is 0 Å². The fraction of sp³-hybridized carbons (Fsp3) is 0.100. The van der Waals surface area contributed by atoms with E-state index in [0.717, 1.165) is 0 Å². The molecule has 0 heterocycles. The lowest BCUT2D eigenvalue weighted by molar-refractivity contribution is -0.114. The van der Waals surface area contributed by atoms with Gasteiger partial charge in [-0.3, -0.25) is 0 Å². The molecule has 0 aliphatic heterocycles. The number of aldehydes is 2. The number of carbonyl (C=O) groups excluding carboxylic acids is 2. The molecule has 2 N–H and O–H groups in total. The van der Waals surface area contributed by atoms with Crippen LogP contribution >= 0.6 is 0 Å². The van der Waals surface area contributed by atoms with Gasteiger partial charge in [0, 0.05) is 0 Å². The molecule has 0 atom stereocenters. The smallest absolute Gasteiger partial charge is 0.160 e. The van der Waals surface area contributed by atoms with E-state index in [1.165, 1.54) is 7.11 Å². The number of benzene rings is 2. The molecule has 0 saturated heterocycles. The monoisotopic (exact) mass is 346 g/mol. The van der Waals surface area contributed by atoms with Crippen LogP contribution in [0.2, 0.25) is 0 Å². The van der Waals surface area contributed by atoms with E-state index < -0.39 is 0 Å². The summed E-state index contributed by atoms with van der Waals surface area (Å²) in [6, 6.07) is 15.6. The van der Waals surface area contributed by atoms with Gasteiger partial charge in [-0.2, -0.15) is 0 Å². The molecule has 25 heavy (non-hydrogen) atoms. The number of carbonyl (C=O) groups is 2. The van der Waals surface area contributed by atoms with E-state index in [-0.39, 0.29) is 12.2 Å². The van der Waals surface area contributed by atoms with Gasteiger partial charge in [-0.05, 0) is 24.3 Å². The maximum atomic E-state index is 9.17. The quantitative estimate of drug-likeness (QED) is 0.495. The zero-order valence-electron chi connectivity index (χ0n) is 14.5. The van der Waals surface area contributed by atoms with Crippen molar-refractivity contribution in [3.05, 3.63) is 80.9 Å². The summed E-state index contributed by atoms with van der Waals surface area (Å²) >= 11 is 0. The number of para-hydroxylation sites is 3. The number of phenols is 2. The lowest BCUT2D eigenvalue weighted by Gasteiger charge is -1.99. The average Bonchev–Trinajstić information content (AvgIpc) is 2.68. The SMILES string of the molecule is C=C.C=C.COc1ccccc1O.O=CCC=O.Oc1ccccc1. The highest BCUT2D eigenvalue weighted by Crippen LogP contribution is 2.22. The molecule has 0 bridgehead atoms. The highest BCUT2D eigenvalue weighted by molar-refractivity contribution is 5.72. The van der Waals surface area contributed by atoms with Crippen LogP contribution in [0.15, 0.2) is 80.9 Å². The largest absolute Gasteiger partial charge is 0.508 e. The van der Waals surface area contributed by atoms with Crippen LogP contribution < -0.4 is 4.74 Å². The fourth-order valence-electron chi connectivity index (χ4n) is 1.10. The maximum absolute atomic E-state index is 9.17. The molecule has 0 unspecified atom stereocenters. The Bertz CT molecular complexity index is 533. The van der Waals surface area contributed by atoms with E-state index in [4.69, 9.17) is 14.9 Å². The molecule has 5 heteroatoms. The first kappa shape index (κ1) is 26.6. The Labute approximate surface area is 149 Å². The Morgan fingerprint density at radius 2 is 1.28 bits per heavy atom. The van der Waals surface area contributed by atoms with Crippen LogP contribution in [0.3, 0.4) is 0 Å². The summed E-state index contributed by atoms with van der Waals surface area (Å²) in [6.07, 6.45) is 1.15. The van der Waals surface area contributed by atoms with Gasteiger partial charge in [0.05, 0.1) is 13.5 Å². The van der Waals surface area contributed by atoms with Gasteiger partial charge in [0.1, 0.15) is 18.3 Å². The van der Waals surface area contributed by atoms with E-state index in [1.54, 1.807) is 48.5 Å². The molecule has 0 aromatic heterocycles. The first-order valence-corrected chi connectivity index (χ1v) is 7.09. The molecule has 0 saturated carbocycles. The van der Waals surface area contributed by atoms with Crippen LogP contribution in [0.5, 0.6) is 17.2 Å². The Morgan fingerprint density at radius 3 is 1.52 bits per heavy atom. The topological polar surface area (TPSA) is 83.8 Å². The van der Waals surface area contributed by atoms with Crippen molar-refractivity contribution in [3.8, 4) is 17.2 Å². The van der Waals surface area contributed by atoms with Gasteiger partial charge in [-0.25, -0.2) is 0 Å². The molecule has 5 nitrogen and oxygen atoms in total. The van der Waals surface area contributed by atoms with Gasteiger partial charge in [0.2, 0.25) is 0 Å². The second kappa shape index (κ2) is 22.9. The number of hydrogen-bond donors (Lipinski definition) is 2. The second-order valence-corrected chi connectivity index (χ2v) is 3.58. The first-order chi connectivity index (χ1) is 12.2. The number of rotatable bonds is 3. The third kappa shape index (κ3) is 18.6. The molecule has 2 aromatic rings. The minimum absolute atomic E-state index is 0.0278. The van der Waals surface area contributed by atoms with Gasteiger partial charge < -0.3 is 24.5 Å². The molecule has 2 aromatic carbocycles. The van der Waals surface area contributed by atoms with E-state index >= 15 is 0 Å². The van der Waals surface area contributed by atoms with Crippen molar-refractivity contribution >= 4 is 12.6 Å². The summed E-state index contributed by atoms with van der Waals surface area (Å²) in [4.78, 5) is 18.3. The number of aromatic hydroxyl groups is 2. The molecule has 0 fully saturated rings. The van der Waals surface area contributed by atoms with Crippen LogP contribution in [0.1, 0.15) is 6.42 Å². The van der Waals surface area contributed by atoms with E-state index in [1.807, 2.05) is 6.07 Å². The molecule has 0 aliphatic rings. The molecule has 0 radical (unpaired) electrons. The van der Waals surface area contributed by atoms with Gasteiger partial charge >= 0.3 is 0 Å². The van der Waals surface area contributed by atoms with Crippen LogP contribution in [0.4, 0.5) is 0 Å². The summed E-state index contributed by atoms with van der Waals surface area (Å²) in [5.74, 6) is 1.01. The summed E-state index contributed by atoms with van der Waals surface area (Å²) in [7, 11) is 1.52. The summed E-state index contributed by atoms with van der Waals surface area (Å²) in [5.41, 5.74) is 0. The molecule has 0 amide bonds. The summed E-state index contributed by atoms with van der Waals surface area (Å²) in [6.45, 7) is 12.0. The molecule has 0 aliphatic carbocycles. The molecular weight excluding hydrogens is 320 g/mol. The predicted octanol–water partition coefficient (Wildman–Crippen LogP) is 4.17. The van der Waals surface area contributed by atoms with E-state index in [0.29, 0.717) is 24.1 Å². The molecule has 136 valence electrons. The van der Waals surface area contributed by atoms with Gasteiger partial charge in [-0.1, -0.05) is 30.3 Å². The molecular formula is C20H26O5. The molecule has 0 spiro atoms. The van der Waals surface area contributed by atoms with Crippen LogP contribution in [0, 0.1) is 0 Å². The number of phenolic OH excluding ortho intramolecular Hbond substituents is 2. The maximum Gasteiger partial charge on any atom is 0.160 e. The lowest BCUT2D eigenvalue weighted by Crippen LogP contribution is -1.80. The van der Waals surface area contributed by atoms with Crippen molar-refractivity contribution in [2.24, 2.45) is 0 Å². The second-order valence-electron chi connectivity index (χ2n) is 3.58. The standard InChI is InChI=1S/C7H8O2.C6H6O.C3H4O2.2C2H4/c1-9-7-5-3-2-4-6(7)8;7-6-4-2-1-3-5-6;4-2-1-3-5;2*1-2/h2-5,8H,1H3;1-5,7H;2-3H,1H2;2*1-2H2. The number of hydrogen-bond acceptors (Lipinski definition) is 5. The Hall–Kier alpha value is -3.34. The van der Waals surface area contributed by atoms with Crippen LogP contribution in [-0.2, 0) is 9.59 Å². The van der Waals surface area contributed by atoms with Gasteiger partial charge in [-0.15, -0.1) is 26.3 Å². The zero-order valence-corrected chi connectivity index (χ0v) is 14.5. The highest BCUT2D eigenvalue weighted by atomic mass is 16.5. The average molecular weight is 346 g/mol. The van der Waals surface area contributed by atoms with Crippen molar-refractivity contribution in [2.45, 2.75) is 6.42 Å². The fourth-order valence-corrected chi connectivity index (χ4v) is 1.10. The van der Waals surface area contributed by atoms with Crippen molar-refractivity contribution in [3.63, 3.8) is 0 Å². The third-order valence-corrected chi connectivity index (χ3v) is 2.03. The predicted molar refractivity (Wildman–Crippen MR) is 102 cm³/mol. The number of ether oxygens (including phenoxy) is 1. The normalized spacial score (nSPS) is 7.24. The minimum atomic E-state index is 0.0278. The Kier molecular flexibility index (Phi) is 24.4. The Balaban J connectivity index is -0.000000272. The van der Waals surface area contributed by atoms with Gasteiger partial charge in [0.15, 0.2) is 11.5 Å². The van der Waals surface area contributed by atoms with E-state index in [9.17, 15) is 9.59 Å². The number of methoxy groups -OCH3 is 1. The highest BCUT2D eigenvalue weighted by Gasteiger charge is 1.94. The lowest BCUT2D eigenvalue weighted by atomic mass is 10.3.